The molecule has 1 aliphatic heterocycles. The van der Waals surface area contributed by atoms with Crippen LogP contribution in [0.4, 0.5) is 0 Å². The van der Waals surface area contributed by atoms with Crippen molar-refractivity contribution in [3.63, 3.8) is 0 Å². The number of β-amino-alcohol motifs (C(OH)–C–C–N with tert-alkyl or cyclic N) is 1. The average Bonchev–Trinajstić information content (AvgIpc) is 2.47. The Balaban J connectivity index is 0.00000200. The third-order valence-corrected chi connectivity index (χ3v) is 3.18. The molecule has 0 aliphatic carbocycles. The van der Waals surface area contributed by atoms with Crippen molar-refractivity contribution in [1.82, 2.24) is 4.90 Å². The molecule has 1 fully saturated rings. The summed E-state index contributed by atoms with van der Waals surface area (Å²) in [7, 11) is 1.65. The van der Waals surface area contributed by atoms with Crippen LogP contribution in [0.25, 0.3) is 6.08 Å². The molecule has 0 radical (unpaired) electrons. The van der Waals surface area contributed by atoms with Gasteiger partial charge in [-0.3, -0.25) is 4.90 Å². The summed E-state index contributed by atoms with van der Waals surface area (Å²) in [5.74, 6) is 0.839. The number of ether oxygens (including phenoxy) is 2. The van der Waals surface area contributed by atoms with Crippen LogP contribution in [0.3, 0.4) is 0 Å². The maximum Gasteiger partial charge on any atom is 0.118 e. The Morgan fingerprint density at radius 3 is 2.55 bits per heavy atom. The van der Waals surface area contributed by atoms with Crippen molar-refractivity contribution in [2.24, 2.45) is 0 Å². The van der Waals surface area contributed by atoms with E-state index in [1.165, 1.54) is 0 Å². The first-order valence-electron chi connectivity index (χ1n) is 6.58. The van der Waals surface area contributed by atoms with Gasteiger partial charge in [0.25, 0.3) is 0 Å². The van der Waals surface area contributed by atoms with Gasteiger partial charge in [-0.2, -0.15) is 0 Å². The molecule has 1 unspecified atom stereocenters. The van der Waals surface area contributed by atoms with E-state index < -0.39 is 6.10 Å². The lowest BCUT2D eigenvalue weighted by atomic mass is 10.1. The summed E-state index contributed by atoms with van der Waals surface area (Å²) < 4.78 is 10.4. The second kappa shape index (κ2) is 8.97. The maximum atomic E-state index is 9.97. The molecule has 0 saturated carbocycles. The third-order valence-electron chi connectivity index (χ3n) is 3.18. The molecule has 0 amide bonds. The summed E-state index contributed by atoms with van der Waals surface area (Å²) in [5, 5.41) is 9.97. The molecule has 112 valence electrons. The summed E-state index contributed by atoms with van der Waals surface area (Å²) >= 11 is 0. The first-order valence-corrected chi connectivity index (χ1v) is 6.58. The van der Waals surface area contributed by atoms with Gasteiger partial charge in [0.15, 0.2) is 0 Å². The summed E-state index contributed by atoms with van der Waals surface area (Å²) in [4.78, 5) is 2.21. The summed E-state index contributed by atoms with van der Waals surface area (Å²) in [6, 6.07) is 7.76. The van der Waals surface area contributed by atoms with Crippen LogP contribution in [0.5, 0.6) is 5.75 Å². The van der Waals surface area contributed by atoms with Gasteiger partial charge in [0.05, 0.1) is 26.4 Å². The summed E-state index contributed by atoms with van der Waals surface area (Å²) in [5.41, 5.74) is 1.06. The Hall–Kier alpha value is -1.07. The molecule has 0 bridgehead atoms. The van der Waals surface area contributed by atoms with E-state index in [9.17, 15) is 5.11 Å². The number of benzene rings is 1. The number of nitrogens with zero attached hydrogens (tertiary/aromatic N) is 1. The molecule has 0 spiro atoms. The molecule has 1 aliphatic rings. The van der Waals surface area contributed by atoms with Crippen molar-refractivity contribution in [1.29, 1.82) is 0 Å². The zero-order chi connectivity index (χ0) is 13.5. The van der Waals surface area contributed by atoms with Crippen LogP contribution < -0.4 is 4.74 Å². The molecule has 1 heterocycles. The Bertz CT molecular complexity index is 402. The van der Waals surface area contributed by atoms with Crippen LogP contribution in [0.1, 0.15) is 5.56 Å². The molecular formula is C15H22ClNO3. The highest BCUT2D eigenvalue weighted by atomic mass is 35.5. The molecule has 0 aromatic heterocycles. The Labute approximate surface area is 126 Å². The van der Waals surface area contributed by atoms with Crippen molar-refractivity contribution in [3.05, 3.63) is 35.9 Å². The lowest BCUT2D eigenvalue weighted by molar-refractivity contribution is 0.0223. The van der Waals surface area contributed by atoms with Crippen molar-refractivity contribution in [3.8, 4) is 5.75 Å². The van der Waals surface area contributed by atoms with E-state index in [0.29, 0.717) is 6.54 Å². The first kappa shape index (κ1) is 17.0. The highest BCUT2D eigenvalue weighted by Crippen LogP contribution is 2.12. The fourth-order valence-electron chi connectivity index (χ4n) is 2.05. The number of hydrogen-bond donors (Lipinski definition) is 1. The van der Waals surface area contributed by atoms with Crippen LogP contribution in [-0.4, -0.2) is 56.1 Å². The minimum atomic E-state index is -0.444. The number of aliphatic hydroxyl groups is 1. The predicted octanol–water partition coefficient (Wildman–Crippen LogP) is 1.82. The quantitative estimate of drug-likeness (QED) is 0.900. The maximum absolute atomic E-state index is 9.97. The topological polar surface area (TPSA) is 41.9 Å². The molecule has 2 rings (SSSR count). The lowest BCUT2D eigenvalue weighted by Crippen LogP contribution is -2.40. The third kappa shape index (κ3) is 5.51. The normalized spacial score (nSPS) is 17.7. The van der Waals surface area contributed by atoms with Gasteiger partial charge in [-0.15, -0.1) is 12.4 Å². The number of halogens is 1. The van der Waals surface area contributed by atoms with Crippen molar-refractivity contribution < 1.29 is 14.6 Å². The Morgan fingerprint density at radius 1 is 1.30 bits per heavy atom. The van der Waals surface area contributed by atoms with Gasteiger partial charge in [-0.25, -0.2) is 0 Å². The Kier molecular flexibility index (Phi) is 7.62. The van der Waals surface area contributed by atoms with Crippen molar-refractivity contribution >= 4 is 18.5 Å². The highest BCUT2D eigenvalue weighted by molar-refractivity contribution is 5.85. The van der Waals surface area contributed by atoms with E-state index >= 15 is 0 Å². The molecular weight excluding hydrogens is 278 g/mol. The second-order valence-electron chi connectivity index (χ2n) is 4.61. The van der Waals surface area contributed by atoms with Crippen LogP contribution in [0, 0.1) is 0 Å². The minimum Gasteiger partial charge on any atom is -0.497 e. The number of aliphatic hydroxyl groups excluding tert-OH is 1. The first-order chi connectivity index (χ1) is 9.28. The van der Waals surface area contributed by atoms with Gasteiger partial charge in [0.1, 0.15) is 5.75 Å². The minimum absolute atomic E-state index is 0. The standard InChI is InChI=1S/C15H21NO3.ClH/c1-18-15-6-3-13(4-7-15)2-5-14(17)12-16-8-10-19-11-9-16;/h2-7,14,17H,8-12H2,1H3;1H/b5-2+;. The number of rotatable bonds is 5. The van der Waals surface area contributed by atoms with E-state index in [4.69, 9.17) is 9.47 Å². The van der Waals surface area contributed by atoms with Gasteiger partial charge >= 0.3 is 0 Å². The highest BCUT2D eigenvalue weighted by Gasteiger charge is 2.12. The zero-order valence-electron chi connectivity index (χ0n) is 11.7. The molecule has 20 heavy (non-hydrogen) atoms. The molecule has 4 nitrogen and oxygen atoms in total. The number of methoxy groups -OCH3 is 1. The lowest BCUT2D eigenvalue weighted by Gasteiger charge is -2.27. The van der Waals surface area contributed by atoms with E-state index in [1.807, 2.05) is 36.4 Å². The van der Waals surface area contributed by atoms with Crippen LogP contribution in [0.2, 0.25) is 0 Å². The van der Waals surface area contributed by atoms with E-state index in [1.54, 1.807) is 7.11 Å². The molecule has 1 N–H and O–H groups in total. The van der Waals surface area contributed by atoms with Gasteiger partial charge in [-0.05, 0) is 17.7 Å². The monoisotopic (exact) mass is 299 g/mol. The van der Waals surface area contributed by atoms with Gasteiger partial charge < -0.3 is 14.6 Å². The van der Waals surface area contributed by atoms with Crippen molar-refractivity contribution in [2.75, 3.05) is 40.0 Å². The van der Waals surface area contributed by atoms with E-state index in [2.05, 4.69) is 4.90 Å². The van der Waals surface area contributed by atoms with E-state index in [-0.39, 0.29) is 12.4 Å². The molecule has 1 saturated heterocycles. The zero-order valence-corrected chi connectivity index (χ0v) is 12.5. The predicted molar refractivity (Wildman–Crippen MR) is 82.5 cm³/mol. The smallest absolute Gasteiger partial charge is 0.118 e. The fourth-order valence-corrected chi connectivity index (χ4v) is 2.05. The van der Waals surface area contributed by atoms with E-state index in [0.717, 1.165) is 37.6 Å². The van der Waals surface area contributed by atoms with Crippen LogP contribution >= 0.6 is 12.4 Å². The molecule has 1 atom stereocenters. The molecule has 1 aromatic carbocycles. The second-order valence-corrected chi connectivity index (χ2v) is 4.61. The van der Waals surface area contributed by atoms with Crippen molar-refractivity contribution in [2.45, 2.75) is 6.10 Å². The fraction of sp³-hybridized carbons (Fsp3) is 0.467. The number of hydrogen-bond acceptors (Lipinski definition) is 4. The summed E-state index contributed by atoms with van der Waals surface area (Å²) in [6.45, 7) is 3.97. The average molecular weight is 300 g/mol. The van der Waals surface area contributed by atoms with Crippen LogP contribution in [-0.2, 0) is 4.74 Å². The SMILES string of the molecule is COc1ccc(/C=C/C(O)CN2CCOCC2)cc1.Cl. The number of morpholine rings is 1. The van der Waals surface area contributed by atoms with Gasteiger partial charge in [0.2, 0.25) is 0 Å². The van der Waals surface area contributed by atoms with Crippen LogP contribution in [0.15, 0.2) is 30.3 Å². The Morgan fingerprint density at radius 2 is 1.95 bits per heavy atom. The molecule has 1 aromatic rings. The molecule has 5 heteroatoms. The van der Waals surface area contributed by atoms with Gasteiger partial charge in [0, 0.05) is 19.6 Å². The summed E-state index contributed by atoms with van der Waals surface area (Å²) in [6.07, 6.45) is 3.32. The van der Waals surface area contributed by atoms with Gasteiger partial charge in [-0.1, -0.05) is 24.3 Å². The largest absolute Gasteiger partial charge is 0.497 e.